The lowest BCUT2D eigenvalue weighted by molar-refractivity contribution is 0.154. The summed E-state index contributed by atoms with van der Waals surface area (Å²) in [6.45, 7) is 8.43. The molecule has 1 aromatic heterocycles. The second-order valence-electron chi connectivity index (χ2n) is 4.26. The van der Waals surface area contributed by atoms with Gasteiger partial charge < -0.3 is 9.84 Å². The Kier molecular flexibility index (Phi) is 3.90. The lowest BCUT2D eigenvalue weighted by Crippen LogP contribution is -2.44. The van der Waals surface area contributed by atoms with Crippen molar-refractivity contribution in [2.24, 2.45) is 0 Å². The lowest BCUT2D eigenvalue weighted by Gasteiger charge is -2.30. The summed E-state index contributed by atoms with van der Waals surface area (Å²) in [4.78, 5) is 6.81. The average Bonchev–Trinajstić information content (AvgIpc) is 2.78. The van der Waals surface area contributed by atoms with Crippen molar-refractivity contribution in [3.8, 4) is 0 Å². The summed E-state index contributed by atoms with van der Waals surface area (Å²) in [6, 6.07) is 0.236. The van der Waals surface area contributed by atoms with Gasteiger partial charge in [-0.1, -0.05) is 12.1 Å². The minimum Gasteiger partial charge on any atom is -0.338 e. The zero-order valence-electron chi connectivity index (χ0n) is 10.1. The van der Waals surface area contributed by atoms with Gasteiger partial charge in [0.25, 0.3) is 0 Å². The highest BCUT2D eigenvalue weighted by Crippen LogP contribution is 2.18. The van der Waals surface area contributed by atoms with E-state index in [4.69, 9.17) is 4.52 Å². The summed E-state index contributed by atoms with van der Waals surface area (Å²) in [7, 11) is 0. The minimum atomic E-state index is 0.236. The van der Waals surface area contributed by atoms with Crippen LogP contribution >= 0.6 is 0 Å². The van der Waals surface area contributed by atoms with E-state index in [9.17, 15) is 0 Å². The van der Waals surface area contributed by atoms with Gasteiger partial charge in [-0.05, 0) is 13.3 Å². The Balaban J connectivity index is 1.98. The summed E-state index contributed by atoms with van der Waals surface area (Å²) >= 11 is 0. The van der Waals surface area contributed by atoms with Crippen LogP contribution in [-0.4, -0.2) is 41.2 Å². The monoisotopic (exact) mass is 224 g/mol. The fourth-order valence-electron chi connectivity index (χ4n) is 1.99. The van der Waals surface area contributed by atoms with Crippen molar-refractivity contribution >= 4 is 0 Å². The number of nitrogens with one attached hydrogen (secondary N) is 1. The summed E-state index contributed by atoms with van der Waals surface area (Å²) < 4.78 is 5.31. The van der Waals surface area contributed by atoms with Crippen molar-refractivity contribution in [3.05, 3.63) is 11.7 Å². The molecule has 1 saturated heterocycles. The molecule has 1 aromatic rings. The molecule has 2 rings (SSSR count). The standard InChI is InChI=1S/C11H20N4O/c1-3-4-10-13-11(16-14-10)9(2)15-7-5-12-6-8-15/h9,12H,3-8H2,1-2H3. The van der Waals surface area contributed by atoms with Gasteiger partial charge in [-0.15, -0.1) is 0 Å². The molecular weight excluding hydrogens is 204 g/mol. The number of aryl methyl sites for hydroxylation is 1. The molecule has 2 heterocycles. The second-order valence-corrected chi connectivity index (χ2v) is 4.26. The van der Waals surface area contributed by atoms with Crippen molar-refractivity contribution in [1.82, 2.24) is 20.4 Å². The number of aromatic nitrogens is 2. The highest BCUT2D eigenvalue weighted by Gasteiger charge is 2.22. The molecule has 1 N–H and O–H groups in total. The van der Waals surface area contributed by atoms with Gasteiger partial charge in [0.15, 0.2) is 5.82 Å². The van der Waals surface area contributed by atoms with Crippen LogP contribution in [0.3, 0.4) is 0 Å². The summed E-state index contributed by atoms with van der Waals surface area (Å²) in [5.74, 6) is 1.59. The van der Waals surface area contributed by atoms with E-state index < -0.39 is 0 Å². The highest BCUT2D eigenvalue weighted by atomic mass is 16.5. The van der Waals surface area contributed by atoms with Gasteiger partial charge in [-0.25, -0.2) is 0 Å². The van der Waals surface area contributed by atoms with E-state index in [-0.39, 0.29) is 6.04 Å². The van der Waals surface area contributed by atoms with Gasteiger partial charge in [-0.3, -0.25) is 4.90 Å². The molecule has 1 fully saturated rings. The topological polar surface area (TPSA) is 54.2 Å². The Morgan fingerprint density at radius 2 is 2.19 bits per heavy atom. The quantitative estimate of drug-likeness (QED) is 0.826. The molecule has 0 aromatic carbocycles. The predicted molar refractivity (Wildman–Crippen MR) is 61.2 cm³/mol. The fourth-order valence-corrected chi connectivity index (χ4v) is 1.99. The molecule has 1 aliphatic heterocycles. The van der Waals surface area contributed by atoms with Gasteiger partial charge in [-0.2, -0.15) is 4.98 Å². The summed E-state index contributed by atoms with van der Waals surface area (Å²) in [6.07, 6.45) is 1.96. The molecule has 0 bridgehead atoms. The van der Waals surface area contributed by atoms with Gasteiger partial charge in [0.2, 0.25) is 5.89 Å². The molecule has 1 unspecified atom stereocenters. The number of nitrogens with zero attached hydrogens (tertiary/aromatic N) is 3. The molecule has 5 heteroatoms. The first kappa shape index (κ1) is 11.5. The molecule has 0 radical (unpaired) electrons. The molecule has 0 spiro atoms. The first-order valence-corrected chi connectivity index (χ1v) is 6.08. The highest BCUT2D eigenvalue weighted by molar-refractivity contribution is 4.93. The first-order valence-electron chi connectivity index (χ1n) is 6.08. The van der Waals surface area contributed by atoms with Gasteiger partial charge in [0.05, 0.1) is 6.04 Å². The van der Waals surface area contributed by atoms with E-state index in [2.05, 4.69) is 34.2 Å². The smallest absolute Gasteiger partial charge is 0.243 e. The number of rotatable bonds is 4. The zero-order valence-corrected chi connectivity index (χ0v) is 10.1. The van der Waals surface area contributed by atoms with Crippen LogP contribution in [0.15, 0.2) is 4.52 Å². The van der Waals surface area contributed by atoms with Crippen LogP contribution in [0.2, 0.25) is 0 Å². The van der Waals surface area contributed by atoms with E-state index in [0.29, 0.717) is 0 Å². The Morgan fingerprint density at radius 3 is 2.88 bits per heavy atom. The SMILES string of the molecule is CCCc1noc(C(C)N2CCNCC2)n1. The maximum Gasteiger partial charge on any atom is 0.243 e. The van der Waals surface area contributed by atoms with E-state index in [1.165, 1.54) is 0 Å². The number of hydrogen-bond acceptors (Lipinski definition) is 5. The van der Waals surface area contributed by atoms with Crippen LogP contribution in [0.5, 0.6) is 0 Å². The zero-order chi connectivity index (χ0) is 11.4. The molecule has 1 atom stereocenters. The molecule has 5 nitrogen and oxygen atoms in total. The predicted octanol–water partition coefficient (Wildman–Crippen LogP) is 0.988. The van der Waals surface area contributed by atoms with E-state index >= 15 is 0 Å². The van der Waals surface area contributed by atoms with Crippen LogP contribution in [0, 0.1) is 0 Å². The molecule has 16 heavy (non-hydrogen) atoms. The van der Waals surface area contributed by atoms with Gasteiger partial charge in [0.1, 0.15) is 0 Å². The van der Waals surface area contributed by atoms with Crippen LogP contribution in [0.25, 0.3) is 0 Å². The van der Waals surface area contributed by atoms with Gasteiger partial charge >= 0.3 is 0 Å². The van der Waals surface area contributed by atoms with Crippen LogP contribution < -0.4 is 5.32 Å². The maximum atomic E-state index is 5.31. The summed E-state index contributed by atoms with van der Waals surface area (Å²) in [5, 5.41) is 7.33. The van der Waals surface area contributed by atoms with Crippen molar-refractivity contribution in [3.63, 3.8) is 0 Å². The Bertz CT molecular complexity index is 320. The normalized spacial score (nSPS) is 19.9. The lowest BCUT2D eigenvalue weighted by atomic mass is 10.2. The van der Waals surface area contributed by atoms with Crippen molar-refractivity contribution in [2.45, 2.75) is 32.7 Å². The Hall–Kier alpha value is -0.940. The molecule has 0 aliphatic carbocycles. The fraction of sp³-hybridized carbons (Fsp3) is 0.818. The largest absolute Gasteiger partial charge is 0.338 e. The third-order valence-corrected chi connectivity index (χ3v) is 3.01. The number of hydrogen-bond donors (Lipinski definition) is 1. The molecule has 90 valence electrons. The average molecular weight is 224 g/mol. The van der Waals surface area contributed by atoms with E-state index in [0.717, 1.165) is 50.7 Å². The number of piperazine rings is 1. The first-order chi connectivity index (χ1) is 7.81. The van der Waals surface area contributed by atoms with Crippen molar-refractivity contribution < 1.29 is 4.52 Å². The van der Waals surface area contributed by atoms with Crippen LogP contribution in [0.1, 0.15) is 38.0 Å². The van der Waals surface area contributed by atoms with Gasteiger partial charge in [0, 0.05) is 32.6 Å². The van der Waals surface area contributed by atoms with Crippen LogP contribution in [0.4, 0.5) is 0 Å². The molecule has 0 amide bonds. The Labute approximate surface area is 96.2 Å². The van der Waals surface area contributed by atoms with Crippen LogP contribution in [-0.2, 0) is 6.42 Å². The molecule has 0 saturated carbocycles. The van der Waals surface area contributed by atoms with E-state index in [1.807, 2.05) is 0 Å². The van der Waals surface area contributed by atoms with Crippen molar-refractivity contribution in [2.75, 3.05) is 26.2 Å². The molecule has 1 aliphatic rings. The van der Waals surface area contributed by atoms with E-state index in [1.54, 1.807) is 0 Å². The summed E-state index contributed by atoms with van der Waals surface area (Å²) in [5.41, 5.74) is 0. The maximum absolute atomic E-state index is 5.31. The second kappa shape index (κ2) is 5.41. The molecular formula is C11H20N4O. The van der Waals surface area contributed by atoms with Crippen molar-refractivity contribution in [1.29, 1.82) is 0 Å². The minimum absolute atomic E-state index is 0.236. The third kappa shape index (κ3) is 2.59. The Morgan fingerprint density at radius 1 is 1.44 bits per heavy atom. The third-order valence-electron chi connectivity index (χ3n) is 3.01.